The molecule has 0 saturated carbocycles. The molecule has 0 aliphatic heterocycles. The number of carbonyl (C=O) groups is 1. The third kappa shape index (κ3) is 4.73. The molecule has 66 valence electrons. The van der Waals surface area contributed by atoms with Crippen molar-refractivity contribution < 1.29 is 77.8 Å². The standard InChI is InChI=1S/C5H3BrO4S2.2Na/c6-4-3(12(9)10)1-2(11-4)5(7)8;;/h1H,(H,7,8)(H,9,10);;/q;2*+1/p-2. The first-order valence-electron chi connectivity index (χ1n) is 2.62. The second kappa shape index (κ2) is 7.94. The number of thiophene rings is 1. The molecule has 0 N–H and O–H groups in total. The summed E-state index contributed by atoms with van der Waals surface area (Å²) in [6.07, 6.45) is 0. The van der Waals surface area contributed by atoms with Crippen molar-refractivity contribution in [2.75, 3.05) is 0 Å². The molecule has 1 unspecified atom stereocenters. The second-order valence-corrected chi connectivity index (χ2v) is 5.05. The molecule has 4 nitrogen and oxygen atoms in total. The summed E-state index contributed by atoms with van der Waals surface area (Å²) in [6, 6.07) is 1.05. The molecule has 9 heteroatoms. The van der Waals surface area contributed by atoms with Gasteiger partial charge in [0.05, 0.1) is 19.5 Å². The van der Waals surface area contributed by atoms with E-state index in [1.807, 2.05) is 0 Å². The number of hydrogen-bond acceptors (Lipinski definition) is 5. The number of rotatable bonds is 2. The van der Waals surface area contributed by atoms with Gasteiger partial charge in [-0.2, -0.15) is 0 Å². The van der Waals surface area contributed by atoms with E-state index >= 15 is 0 Å². The number of carboxylic acid groups (broad SMARTS) is 1. The fourth-order valence-corrected chi connectivity index (χ4v) is 2.96. The van der Waals surface area contributed by atoms with Gasteiger partial charge in [0.15, 0.2) is 0 Å². The Labute approximate surface area is 139 Å². The van der Waals surface area contributed by atoms with E-state index in [1.54, 1.807) is 0 Å². The Kier molecular flexibility index (Phi) is 10.3. The van der Waals surface area contributed by atoms with Crippen LogP contribution in [0, 0.1) is 0 Å². The minimum Gasteiger partial charge on any atom is -0.768 e. The predicted octanol–water partition coefficient (Wildman–Crippen LogP) is -5.88. The molecule has 0 fully saturated rings. The Morgan fingerprint density at radius 1 is 1.50 bits per heavy atom. The maximum Gasteiger partial charge on any atom is 1.00 e. The zero-order chi connectivity index (χ0) is 9.30. The number of halogens is 1. The molecule has 1 rings (SSSR count). The SMILES string of the molecule is O=C([O-])c1cc(S(=O)[O-])c(Br)s1.[Na+].[Na+]. The fourth-order valence-electron chi connectivity index (χ4n) is 0.566. The van der Waals surface area contributed by atoms with Gasteiger partial charge >= 0.3 is 59.1 Å². The fraction of sp³-hybridized carbons (Fsp3) is 0. The van der Waals surface area contributed by atoms with Crippen LogP contribution in [-0.4, -0.2) is 14.7 Å². The van der Waals surface area contributed by atoms with Crippen LogP contribution in [-0.2, 0) is 11.1 Å². The van der Waals surface area contributed by atoms with Gasteiger partial charge in [0.1, 0.15) is 0 Å². The summed E-state index contributed by atoms with van der Waals surface area (Å²) in [5, 5.41) is 10.3. The molecular weight excluding hydrogens is 314 g/mol. The van der Waals surface area contributed by atoms with Crippen molar-refractivity contribution in [1.29, 1.82) is 0 Å². The largest absolute Gasteiger partial charge is 1.00 e. The minimum atomic E-state index is -2.41. The van der Waals surface area contributed by atoms with Gasteiger partial charge in [-0.1, -0.05) is 0 Å². The summed E-state index contributed by atoms with van der Waals surface area (Å²) in [7, 11) is 0. The quantitative estimate of drug-likeness (QED) is 0.402. The van der Waals surface area contributed by atoms with Crippen LogP contribution in [0.25, 0.3) is 0 Å². The van der Waals surface area contributed by atoms with E-state index in [9.17, 15) is 18.7 Å². The topological polar surface area (TPSA) is 80.3 Å². The van der Waals surface area contributed by atoms with Crippen LogP contribution >= 0.6 is 27.3 Å². The monoisotopic (exact) mass is 314 g/mol. The van der Waals surface area contributed by atoms with Gasteiger partial charge < -0.3 is 14.5 Å². The van der Waals surface area contributed by atoms with Crippen LogP contribution in [0.4, 0.5) is 0 Å². The van der Waals surface area contributed by atoms with Crippen LogP contribution in [0.3, 0.4) is 0 Å². The number of hydrogen-bond donors (Lipinski definition) is 0. The van der Waals surface area contributed by atoms with Crippen molar-refractivity contribution in [3.05, 3.63) is 14.7 Å². The van der Waals surface area contributed by atoms with Crippen molar-refractivity contribution in [3.8, 4) is 0 Å². The van der Waals surface area contributed by atoms with Gasteiger partial charge in [-0.25, -0.2) is 0 Å². The Balaban J connectivity index is 0. The van der Waals surface area contributed by atoms with Crippen LogP contribution in [0.5, 0.6) is 0 Å². The van der Waals surface area contributed by atoms with Crippen molar-refractivity contribution in [1.82, 2.24) is 0 Å². The van der Waals surface area contributed by atoms with Crippen LogP contribution in [0.1, 0.15) is 9.67 Å². The van der Waals surface area contributed by atoms with Gasteiger partial charge in [-0.15, -0.1) is 11.3 Å². The third-order valence-electron chi connectivity index (χ3n) is 1.04. The molecule has 1 aromatic heterocycles. The predicted molar refractivity (Wildman–Crippen MR) is 43.5 cm³/mol. The molecular formula is C5HBrNa2O4S2. The third-order valence-corrected chi connectivity index (χ3v) is 3.93. The zero-order valence-corrected chi connectivity index (χ0v) is 14.6. The Bertz CT molecular complexity index is 354. The summed E-state index contributed by atoms with van der Waals surface area (Å²) in [5.41, 5.74) is 0. The number of carbonyl (C=O) groups excluding carboxylic acids is 1. The molecule has 0 bridgehead atoms. The van der Waals surface area contributed by atoms with Gasteiger partial charge in [-0.05, 0) is 33.1 Å². The molecule has 1 aromatic rings. The van der Waals surface area contributed by atoms with Crippen LogP contribution < -0.4 is 64.2 Å². The molecule has 1 heterocycles. The molecule has 0 aromatic carbocycles. The van der Waals surface area contributed by atoms with Gasteiger partial charge in [-0.3, -0.25) is 4.21 Å². The molecule has 0 radical (unpaired) electrons. The maximum atomic E-state index is 10.4. The number of carboxylic acids is 1. The first kappa shape index (κ1) is 18.1. The van der Waals surface area contributed by atoms with E-state index in [0.29, 0.717) is 0 Å². The van der Waals surface area contributed by atoms with E-state index in [1.165, 1.54) is 0 Å². The van der Waals surface area contributed by atoms with E-state index in [-0.39, 0.29) is 72.7 Å². The Morgan fingerprint density at radius 3 is 2.21 bits per heavy atom. The van der Waals surface area contributed by atoms with Gasteiger partial charge in [0.25, 0.3) is 0 Å². The smallest absolute Gasteiger partial charge is 0.768 e. The van der Waals surface area contributed by atoms with Gasteiger partial charge in [0.2, 0.25) is 0 Å². The Hall–Kier alpha value is 1.76. The second-order valence-electron chi connectivity index (χ2n) is 1.77. The molecule has 0 saturated heterocycles. The first-order valence-corrected chi connectivity index (χ1v) is 5.30. The molecule has 0 amide bonds. The normalized spacial score (nSPS) is 11.0. The summed E-state index contributed by atoms with van der Waals surface area (Å²) in [6.45, 7) is 0. The van der Waals surface area contributed by atoms with Crippen molar-refractivity contribution in [2.24, 2.45) is 0 Å². The van der Waals surface area contributed by atoms with E-state index in [4.69, 9.17) is 0 Å². The zero-order valence-electron chi connectivity index (χ0n) is 7.40. The van der Waals surface area contributed by atoms with Crippen molar-refractivity contribution in [2.45, 2.75) is 4.90 Å². The molecule has 14 heavy (non-hydrogen) atoms. The van der Waals surface area contributed by atoms with E-state index < -0.39 is 17.0 Å². The number of aromatic carboxylic acids is 1. The minimum absolute atomic E-state index is 0. The van der Waals surface area contributed by atoms with Crippen molar-refractivity contribution >= 4 is 44.3 Å². The van der Waals surface area contributed by atoms with E-state index in [2.05, 4.69) is 15.9 Å². The maximum absolute atomic E-state index is 10.4. The molecule has 0 spiro atoms. The van der Waals surface area contributed by atoms with E-state index in [0.717, 1.165) is 17.4 Å². The summed E-state index contributed by atoms with van der Waals surface area (Å²) >= 11 is 1.32. The van der Waals surface area contributed by atoms with Crippen LogP contribution in [0.2, 0.25) is 0 Å². The first-order chi connectivity index (χ1) is 5.52. The molecule has 0 aliphatic rings. The van der Waals surface area contributed by atoms with Gasteiger partial charge in [0, 0.05) is 0 Å². The average molecular weight is 315 g/mol. The summed E-state index contributed by atoms with van der Waals surface area (Å²) < 4.78 is 21.1. The van der Waals surface area contributed by atoms with Crippen LogP contribution in [0.15, 0.2) is 14.7 Å². The van der Waals surface area contributed by atoms with Crippen molar-refractivity contribution in [3.63, 3.8) is 0 Å². The summed E-state index contributed by atoms with van der Waals surface area (Å²) in [4.78, 5) is 10.1. The molecule has 0 aliphatic carbocycles. The average Bonchev–Trinajstić information content (AvgIpc) is 2.30. The molecule has 1 atom stereocenters. The summed E-state index contributed by atoms with van der Waals surface area (Å²) in [5.74, 6) is -1.38. The Morgan fingerprint density at radius 2 is 2.00 bits per heavy atom.